The Morgan fingerprint density at radius 2 is 1.16 bits per heavy atom. The molecule has 0 radical (unpaired) electrons. The number of carboxylic acid groups (broad SMARTS) is 2. The molecule has 0 aromatic rings. The van der Waals surface area contributed by atoms with Crippen molar-refractivity contribution in [2.24, 2.45) is 5.92 Å². The lowest BCUT2D eigenvalue weighted by atomic mass is 10.0. The first-order chi connectivity index (χ1) is 26.2. The van der Waals surface area contributed by atoms with Crippen molar-refractivity contribution in [3.05, 3.63) is 12.7 Å². The van der Waals surface area contributed by atoms with Gasteiger partial charge in [0.1, 0.15) is 30.2 Å². The van der Waals surface area contributed by atoms with Gasteiger partial charge in [-0.25, -0.2) is 0 Å². The summed E-state index contributed by atoms with van der Waals surface area (Å²) < 4.78 is 0. The lowest BCUT2D eigenvalue weighted by Gasteiger charge is -2.32. The molecule has 0 fully saturated rings. The zero-order chi connectivity index (χ0) is 43.3. The van der Waals surface area contributed by atoms with E-state index in [1.807, 2.05) is 0 Å². The van der Waals surface area contributed by atoms with Crippen molar-refractivity contribution >= 4 is 59.1 Å². The van der Waals surface area contributed by atoms with E-state index in [1.165, 1.54) is 24.9 Å². The standard InChI is InChI=1S/C37H61N7O12/c1-10-14-24(31(50)37(56)44(13-4)20-12-3)40-34(53)27(15-11-2)43(9)36(55)22(7)38-35(54)30(21(5)6)42-33(52)26(17-19-29(48)49)41-32(51)25(39-23(8)45)16-18-28(46)47/h12,21-22,24-27,30H,3,10-11,13-20H2,1-2,4-9H3,(H,38,54)(H,39,45)(H,40,53)(H,41,51)(H,42,52)(H,46,47)(H,48,49)/t22-,24?,25?,26?,27?,30?/m0/s1. The third-order valence-corrected chi connectivity index (χ3v) is 8.72. The van der Waals surface area contributed by atoms with Gasteiger partial charge in [-0.1, -0.05) is 46.6 Å². The van der Waals surface area contributed by atoms with Gasteiger partial charge < -0.3 is 46.6 Å². The van der Waals surface area contributed by atoms with Gasteiger partial charge in [0.2, 0.25) is 41.2 Å². The summed E-state index contributed by atoms with van der Waals surface area (Å²) in [6.07, 6.45) is 0.954. The van der Waals surface area contributed by atoms with Crippen LogP contribution < -0.4 is 26.6 Å². The highest BCUT2D eigenvalue weighted by Gasteiger charge is 2.36. The van der Waals surface area contributed by atoms with Gasteiger partial charge in [0.25, 0.3) is 5.91 Å². The summed E-state index contributed by atoms with van der Waals surface area (Å²) in [5.74, 6) is -9.42. The lowest BCUT2D eigenvalue weighted by Crippen LogP contribution is -2.60. The van der Waals surface area contributed by atoms with Crippen LogP contribution in [0.4, 0.5) is 0 Å². The van der Waals surface area contributed by atoms with Crippen LogP contribution in [0.2, 0.25) is 0 Å². The molecule has 7 N–H and O–H groups in total. The highest BCUT2D eigenvalue weighted by atomic mass is 16.4. The second kappa shape index (κ2) is 25.7. The molecule has 56 heavy (non-hydrogen) atoms. The van der Waals surface area contributed by atoms with Gasteiger partial charge in [0.05, 0.1) is 6.04 Å². The fraction of sp³-hybridized carbons (Fsp3) is 0.676. The molecule has 316 valence electrons. The first kappa shape index (κ1) is 50.6. The number of aliphatic carboxylic acids is 2. The fourth-order valence-electron chi connectivity index (χ4n) is 5.62. The van der Waals surface area contributed by atoms with Crippen LogP contribution in [-0.2, 0) is 47.9 Å². The number of hydrogen-bond acceptors (Lipinski definition) is 10. The first-order valence-electron chi connectivity index (χ1n) is 18.8. The fourth-order valence-corrected chi connectivity index (χ4v) is 5.62. The van der Waals surface area contributed by atoms with Crippen molar-refractivity contribution < 1.29 is 58.2 Å². The summed E-state index contributed by atoms with van der Waals surface area (Å²) in [6, 6.07) is -7.63. The summed E-state index contributed by atoms with van der Waals surface area (Å²) in [5, 5.41) is 30.6. The molecule has 6 atom stereocenters. The van der Waals surface area contributed by atoms with Crippen molar-refractivity contribution in [1.82, 2.24) is 36.4 Å². The molecule has 19 heteroatoms. The number of amides is 7. The van der Waals surface area contributed by atoms with Gasteiger partial charge in [0, 0.05) is 39.9 Å². The molecule has 0 aliphatic carbocycles. The molecule has 0 aliphatic rings. The third-order valence-electron chi connectivity index (χ3n) is 8.72. The largest absolute Gasteiger partial charge is 0.481 e. The molecule has 0 aliphatic heterocycles. The zero-order valence-electron chi connectivity index (χ0n) is 33.8. The maximum absolute atomic E-state index is 13.6. The summed E-state index contributed by atoms with van der Waals surface area (Å²) in [5.41, 5.74) is 0. The zero-order valence-corrected chi connectivity index (χ0v) is 33.8. The Labute approximate surface area is 328 Å². The first-order valence-corrected chi connectivity index (χ1v) is 18.8. The average molecular weight is 796 g/mol. The van der Waals surface area contributed by atoms with Crippen LogP contribution >= 0.6 is 0 Å². The molecule has 7 amide bonds. The molecule has 19 nitrogen and oxygen atoms in total. The quantitative estimate of drug-likeness (QED) is 0.0423. The van der Waals surface area contributed by atoms with E-state index in [4.69, 9.17) is 5.11 Å². The predicted octanol–water partition coefficient (Wildman–Crippen LogP) is -0.133. The van der Waals surface area contributed by atoms with Gasteiger partial charge in [-0.05, 0) is 45.4 Å². The normalized spacial score (nSPS) is 14.0. The molecule has 0 bridgehead atoms. The lowest BCUT2D eigenvalue weighted by molar-refractivity contribution is -0.147. The Hall–Kier alpha value is -5.36. The van der Waals surface area contributed by atoms with Gasteiger partial charge in [-0.2, -0.15) is 0 Å². The molecular weight excluding hydrogens is 734 g/mol. The Morgan fingerprint density at radius 1 is 0.661 bits per heavy atom. The molecule has 0 spiro atoms. The summed E-state index contributed by atoms with van der Waals surface area (Å²) >= 11 is 0. The van der Waals surface area contributed by atoms with Crippen molar-refractivity contribution in [1.29, 1.82) is 0 Å². The molecule has 0 rings (SSSR count). The number of carbonyl (C=O) groups is 10. The second-order valence-electron chi connectivity index (χ2n) is 13.7. The summed E-state index contributed by atoms with van der Waals surface area (Å²) in [7, 11) is 1.36. The SMILES string of the molecule is C=CCN(CC)C(=O)C(=O)C(CCC)NC(=O)C(CCC)N(C)C(=O)[C@H](C)NC(=O)C(NC(=O)C(CCC(=O)O)NC(=O)C(CCC(=O)O)NC(C)=O)C(C)C. The minimum absolute atomic E-state index is 0.146. The molecular formula is C37H61N7O12. The number of carboxylic acids is 2. The number of hydrogen-bond donors (Lipinski definition) is 7. The highest BCUT2D eigenvalue weighted by molar-refractivity contribution is 6.38. The number of rotatable bonds is 27. The monoisotopic (exact) mass is 795 g/mol. The van der Waals surface area contributed by atoms with Crippen molar-refractivity contribution in [3.8, 4) is 0 Å². The molecule has 0 saturated heterocycles. The van der Waals surface area contributed by atoms with Crippen LogP contribution in [0.5, 0.6) is 0 Å². The third kappa shape index (κ3) is 17.4. The molecule has 0 heterocycles. The molecule has 0 aromatic carbocycles. The minimum atomic E-state index is -1.52. The van der Waals surface area contributed by atoms with E-state index in [9.17, 15) is 53.1 Å². The van der Waals surface area contributed by atoms with Crippen LogP contribution in [-0.4, -0.2) is 135 Å². The average Bonchev–Trinajstić information content (AvgIpc) is 3.12. The molecule has 0 aromatic heterocycles. The number of nitrogens with zero attached hydrogens (tertiary/aromatic N) is 2. The van der Waals surface area contributed by atoms with Crippen LogP contribution in [0.1, 0.15) is 99.8 Å². The maximum Gasteiger partial charge on any atom is 0.303 e. The number of ketones is 1. The minimum Gasteiger partial charge on any atom is -0.481 e. The predicted molar refractivity (Wildman–Crippen MR) is 203 cm³/mol. The van der Waals surface area contributed by atoms with E-state index in [1.54, 1.807) is 34.6 Å². The highest BCUT2D eigenvalue weighted by Crippen LogP contribution is 2.12. The second-order valence-corrected chi connectivity index (χ2v) is 13.7. The van der Waals surface area contributed by atoms with Gasteiger partial charge in [0.15, 0.2) is 0 Å². The number of nitrogens with one attached hydrogen (secondary N) is 5. The Kier molecular flexibility index (Phi) is 23.2. The maximum atomic E-state index is 13.6. The van der Waals surface area contributed by atoms with Gasteiger partial charge >= 0.3 is 11.9 Å². The van der Waals surface area contributed by atoms with E-state index >= 15 is 0 Å². The Balaban J connectivity index is 6.08. The van der Waals surface area contributed by atoms with Crippen molar-refractivity contribution in [3.63, 3.8) is 0 Å². The van der Waals surface area contributed by atoms with E-state index in [2.05, 4.69) is 33.2 Å². The van der Waals surface area contributed by atoms with Gasteiger partial charge in [-0.15, -0.1) is 6.58 Å². The number of carbonyl (C=O) groups excluding carboxylic acids is 8. The molecule has 0 saturated carbocycles. The van der Waals surface area contributed by atoms with Gasteiger partial charge in [-0.3, -0.25) is 47.9 Å². The molecule has 5 unspecified atom stereocenters. The van der Waals surface area contributed by atoms with E-state index in [-0.39, 0.29) is 32.4 Å². The smallest absolute Gasteiger partial charge is 0.303 e. The van der Waals surface area contributed by atoms with Crippen LogP contribution in [0, 0.1) is 5.92 Å². The van der Waals surface area contributed by atoms with Crippen LogP contribution in [0.25, 0.3) is 0 Å². The Bertz CT molecular complexity index is 1440. The summed E-state index contributed by atoms with van der Waals surface area (Å²) in [4.78, 5) is 130. The summed E-state index contributed by atoms with van der Waals surface area (Å²) in [6.45, 7) is 14.9. The topological polar surface area (TPSA) is 278 Å². The van der Waals surface area contributed by atoms with Crippen molar-refractivity contribution in [2.45, 2.75) is 136 Å². The van der Waals surface area contributed by atoms with Crippen molar-refractivity contribution in [2.75, 3.05) is 20.1 Å². The van der Waals surface area contributed by atoms with E-state index in [0.717, 1.165) is 11.8 Å². The number of Topliss-reactive ketones (excluding diaryl/α,β-unsaturated/α-hetero) is 1. The van der Waals surface area contributed by atoms with E-state index < -0.39 is 121 Å². The number of likely N-dealkylation sites (N-methyl/N-ethyl adjacent to an activating group) is 2. The Morgan fingerprint density at radius 3 is 1.61 bits per heavy atom. The van der Waals surface area contributed by atoms with Crippen LogP contribution in [0.15, 0.2) is 12.7 Å². The van der Waals surface area contributed by atoms with E-state index in [0.29, 0.717) is 12.8 Å². The van der Waals surface area contributed by atoms with Crippen LogP contribution in [0.3, 0.4) is 0 Å².